The molecule has 1 amide bonds. The molecule has 0 spiro atoms. The van der Waals surface area contributed by atoms with E-state index in [2.05, 4.69) is 5.32 Å². The van der Waals surface area contributed by atoms with Crippen molar-refractivity contribution in [1.82, 2.24) is 5.32 Å². The molecule has 0 aliphatic rings. The fourth-order valence-electron chi connectivity index (χ4n) is 2.18. The second kappa shape index (κ2) is 7.48. The topological polar surface area (TPSA) is 38.3 Å². The average Bonchev–Trinajstić information content (AvgIpc) is 2.49. The lowest BCUT2D eigenvalue weighted by Gasteiger charge is -2.15. The van der Waals surface area contributed by atoms with Gasteiger partial charge in [-0.1, -0.05) is 42.5 Å². The van der Waals surface area contributed by atoms with Gasteiger partial charge in [0.25, 0.3) is 0 Å². The Labute approximate surface area is 126 Å². The van der Waals surface area contributed by atoms with E-state index in [9.17, 15) is 4.79 Å². The van der Waals surface area contributed by atoms with Crippen LogP contribution in [-0.4, -0.2) is 12.5 Å². The second-order valence-corrected chi connectivity index (χ2v) is 4.95. The zero-order chi connectivity index (χ0) is 15.1. The lowest BCUT2D eigenvalue weighted by Crippen LogP contribution is -2.28. The Morgan fingerprint density at radius 3 is 2.38 bits per heavy atom. The van der Waals surface area contributed by atoms with Crippen LogP contribution >= 0.6 is 0 Å². The fourth-order valence-corrected chi connectivity index (χ4v) is 2.18. The van der Waals surface area contributed by atoms with Crippen LogP contribution in [0.5, 0.6) is 5.75 Å². The monoisotopic (exact) mass is 283 g/mol. The van der Waals surface area contributed by atoms with E-state index in [0.717, 1.165) is 16.9 Å². The first-order valence-electron chi connectivity index (χ1n) is 7.25. The molecule has 0 radical (unpaired) electrons. The Hall–Kier alpha value is -2.29. The summed E-state index contributed by atoms with van der Waals surface area (Å²) in [6.45, 7) is 4.60. The molecule has 3 heteroatoms. The van der Waals surface area contributed by atoms with Crippen LogP contribution < -0.4 is 10.1 Å². The summed E-state index contributed by atoms with van der Waals surface area (Å²) >= 11 is 0. The largest absolute Gasteiger partial charge is 0.494 e. The molecule has 3 nitrogen and oxygen atoms in total. The van der Waals surface area contributed by atoms with Crippen molar-refractivity contribution in [2.75, 3.05) is 6.61 Å². The maximum Gasteiger partial charge on any atom is 0.224 e. The van der Waals surface area contributed by atoms with Gasteiger partial charge in [0.05, 0.1) is 19.1 Å². The molecule has 0 aromatic heterocycles. The van der Waals surface area contributed by atoms with Crippen LogP contribution in [0, 0.1) is 0 Å². The van der Waals surface area contributed by atoms with Gasteiger partial charge in [-0.15, -0.1) is 0 Å². The molecule has 2 aromatic carbocycles. The van der Waals surface area contributed by atoms with Gasteiger partial charge in [-0.2, -0.15) is 0 Å². The lowest BCUT2D eigenvalue weighted by atomic mass is 10.1. The Morgan fingerprint density at radius 1 is 1.10 bits per heavy atom. The summed E-state index contributed by atoms with van der Waals surface area (Å²) < 4.78 is 5.41. The fraction of sp³-hybridized carbons (Fsp3) is 0.278. The third kappa shape index (κ3) is 4.63. The lowest BCUT2D eigenvalue weighted by molar-refractivity contribution is -0.121. The number of ether oxygens (including phenoxy) is 1. The molecule has 0 unspecified atom stereocenters. The highest BCUT2D eigenvalue weighted by Gasteiger charge is 2.10. The van der Waals surface area contributed by atoms with Crippen LogP contribution in [0.1, 0.15) is 31.0 Å². The molecule has 0 aliphatic carbocycles. The van der Waals surface area contributed by atoms with Gasteiger partial charge in [-0.05, 0) is 37.1 Å². The van der Waals surface area contributed by atoms with Crippen molar-refractivity contribution in [3.63, 3.8) is 0 Å². The van der Waals surface area contributed by atoms with Crippen molar-refractivity contribution in [2.24, 2.45) is 0 Å². The van der Waals surface area contributed by atoms with Gasteiger partial charge in [0.2, 0.25) is 5.91 Å². The van der Waals surface area contributed by atoms with Crippen LogP contribution in [0.2, 0.25) is 0 Å². The van der Waals surface area contributed by atoms with Crippen LogP contribution in [0.15, 0.2) is 54.6 Å². The van der Waals surface area contributed by atoms with Crippen LogP contribution in [0.25, 0.3) is 0 Å². The molecule has 0 aliphatic heterocycles. The van der Waals surface area contributed by atoms with Crippen molar-refractivity contribution in [3.05, 3.63) is 65.7 Å². The SMILES string of the molecule is CCOc1ccc([C@H](C)NC(=O)Cc2ccccc2)cc1. The van der Waals surface area contributed by atoms with Crippen LogP contribution in [0.4, 0.5) is 0 Å². The van der Waals surface area contributed by atoms with Gasteiger partial charge < -0.3 is 10.1 Å². The van der Waals surface area contributed by atoms with Crippen LogP contribution in [-0.2, 0) is 11.2 Å². The zero-order valence-corrected chi connectivity index (χ0v) is 12.5. The molecule has 0 heterocycles. The maximum atomic E-state index is 12.0. The van der Waals surface area contributed by atoms with Gasteiger partial charge in [0.15, 0.2) is 0 Å². The molecular weight excluding hydrogens is 262 g/mol. The Morgan fingerprint density at radius 2 is 1.76 bits per heavy atom. The van der Waals surface area contributed by atoms with E-state index in [0.29, 0.717) is 13.0 Å². The maximum absolute atomic E-state index is 12.0. The van der Waals surface area contributed by atoms with Gasteiger partial charge in [0.1, 0.15) is 5.75 Å². The predicted molar refractivity (Wildman–Crippen MR) is 84.3 cm³/mol. The molecule has 0 saturated carbocycles. The smallest absolute Gasteiger partial charge is 0.224 e. The summed E-state index contributed by atoms with van der Waals surface area (Å²) in [4.78, 5) is 12.0. The van der Waals surface area contributed by atoms with E-state index in [4.69, 9.17) is 4.74 Å². The van der Waals surface area contributed by atoms with E-state index < -0.39 is 0 Å². The Bertz CT molecular complexity index is 564. The highest BCUT2D eigenvalue weighted by atomic mass is 16.5. The summed E-state index contributed by atoms with van der Waals surface area (Å²) in [5.74, 6) is 0.881. The molecule has 1 atom stereocenters. The molecule has 0 bridgehead atoms. The van der Waals surface area contributed by atoms with E-state index in [1.54, 1.807) is 0 Å². The molecule has 0 saturated heterocycles. The van der Waals surface area contributed by atoms with Gasteiger partial charge in [-0.25, -0.2) is 0 Å². The summed E-state index contributed by atoms with van der Waals surface area (Å²) in [5, 5.41) is 3.02. The first kappa shape index (κ1) is 15.1. The highest BCUT2D eigenvalue weighted by molar-refractivity contribution is 5.79. The van der Waals surface area contributed by atoms with Crippen molar-refractivity contribution in [1.29, 1.82) is 0 Å². The summed E-state index contributed by atoms with van der Waals surface area (Å²) in [6.07, 6.45) is 0.405. The molecule has 21 heavy (non-hydrogen) atoms. The van der Waals surface area contributed by atoms with Crippen molar-refractivity contribution < 1.29 is 9.53 Å². The second-order valence-electron chi connectivity index (χ2n) is 4.95. The number of carbonyl (C=O) groups is 1. The Kier molecular flexibility index (Phi) is 5.38. The Balaban J connectivity index is 1.91. The van der Waals surface area contributed by atoms with E-state index >= 15 is 0 Å². The number of amides is 1. The minimum atomic E-state index is -0.0168. The minimum absolute atomic E-state index is 0.0168. The summed E-state index contributed by atoms with van der Waals surface area (Å²) in [6, 6.07) is 17.6. The van der Waals surface area contributed by atoms with Crippen LogP contribution in [0.3, 0.4) is 0 Å². The predicted octanol–water partition coefficient (Wildman–Crippen LogP) is 3.51. The van der Waals surface area contributed by atoms with E-state index in [1.165, 1.54) is 0 Å². The first-order chi connectivity index (χ1) is 10.2. The number of benzene rings is 2. The number of carbonyl (C=O) groups excluding carboxylic acids is 1. The van der Waals surface area contributed by atoms with E-state index in [1.807, 2.05) is 68.4 Å². The molecule has 2 aromatic rings. The summed E-state index contributed by atoms with van der Waals surface area (Å²) in [5.41, 5.74) is 2.09. The van der Waals surface area contributed by atoms with Crippen molar-refractivity contribution in [2.45, 2.75) is 26.3 Å². The standard InChI is InChI=1S/C18H21NO2/c1-3-21-17-11-9-16(10-12-17)14(2)19-18(20)13-15-7-5-4-6-8-15/h4-12,14H,3,13H2,1-2H3,(H,19,20)/t14-/m0/s1. The minimum Gasteiger partial charge on any atom is -0.494 e. The van der Waals surface area contributed by atoms with Gasteiger partial charge >= 0.3 is 0 Å². The van der Waals surface area contributed by atoms with Gasteiger partial charge in [-0.3, -0.25) is 4.79 Å². The molecule has 2 rings (SSSR count). The highest BCUT2D eigenvalue weighted by Crippen LogP contribution is 2.17. The number of hydrogen-bond donors (Lipinski definition) is 1. The quantitative estimate of drug-likeness (QED) is 0.881. The normalized spacial score (nSPS) is 11.7. The number of hydrogen-bond acceptors (Lipinski definition) is 2. The van der Waals surface area contributed by atoms with Crippen molar-refractivity contribution in [3.8, 4) is 5.75 Å². The molecular formula is C18H21NO2. The zero-order valence-electron chi connectivity index (χ0n) is 12.5. The average molecular weight is 283 g/mol. The van der Waals surface area contributed by atoms with Gasteiger partial charge in [0, 0.05) is 0 Å². The summed E-state index contributed by atoms with van der Waals surface area (Å²) in [7, 11) is 0. The third-order valence-electron chi connectivity index (χ3n) is 3.28. The third-order valence-corrected chi connectivity index (χ3v) is 3.28. The number of nitrogens with one attached hydrogen (secondary N) is 1. The first-order valence-corrected chi connectivity index (χ1v) is 7.25. The molecule has 1 N–H and O–H groups in total. The molecule has 110 valence electrons. The van der Waals surface area contributed by atoms with Crippen molar-refractivity contribution >= 4 is 5.91 Å². The van der Waals surface area contributed by atoms with E-state index in [-0.39, 0.29) is 11.9 Å². The molecule has 0 fully saturated rings. The number of rotatable bonds is 6.